The molecule has 6 nitrogen and oxygen atoms in total. The first-order chi connectivity index (χ1) is 9.60. The molecule has 1 N–H and O–H groups in total. The molecule has 1 amide bonds. The molecule has 1 aromatic rings. The zero-order chi connectivity index (χ0) is 14.5. The number of hydrogen-bond acceptors (Lipinski definition) is 6. The van der Waals surface area contributed by atoms with Crippen molar-refractivity contribution in [3.63, 3.8) is 0 Å². The van der Waals surface area contributed by atoms with E-state index in [2.05, 4.69) is 33.7 Å². The lowest BCUT2D eigenvalue weighted by atomic mass is 10.2. The van der Waals surface area contributed by atoms with Gasteiger partial charge in [0.25, 0.3) is 5.91 Å². The van der Waals surface area contributed by atoms with Gasteiger partial charge in [-0.2, -0.15) is 0 Å². The third-order valence-corrected chi connectivity index (χ3v) is 4.07. The lowest BCUT2D eigenvalue weighted by molar-refractivity contribution is -0.0672. The molecule has 0 aliphatic carbocycles. The first-order valence-corrected chi connectivity index (χ1v) is 7.84. The largest absolute Gasteiger partial charge is 0.373 e. The zero-order valence-corrected chi connectivity index (χ0v) is 13.1. The van der Waals surface area contributed by atoms with Gasteiger partial charge < -0.3 is 10.1 Å². The van der Waals surface area contributed by atoms with Crippen LogP contribution in [-0.2, 0) is 11.2 Å². The molecular weight excluding hydrogens is 276 g/mol. The molecule has 1 aromatic heterocycles. The highest BCUT2D eigenvalue weighted by molar-refractivity contribution is 7.08. The highest BCUT2D eigenvalue weighted by Gasteiger charge is 2.22. The van der Waals surface area contributed by atoms with Crippen LogP contribution in [0.25, 0.3) is 0 Å². The predicted octanol–water partition coefficient (Wildman–Crippen LogP) is 0.940. The number of morpholine rings is 1. The van der Waals surface area contributed by atoms with Crippen LogP contribution >= 0.6 is 11.5 Å². The smallest absolute Gasteiger partial charge is 0.264 e. The summed E-state index contributed by atoms with van der Waals surface area (Å²) in [5, 5.41) is 6.90. The number of carbonyl (C=O) groups is 1. The van der Waals surface area contributed by atoms with Crippen LogP contribution in [0.1, 0.15) is 36.1 Å². The minimum absolute atomic E-state index is 0.0637. The number of aromatic nitrogens is 2. The Hall–Kier alpha value is -1.05. The van der Waals surface area contributed by atoms with E-state index in [1.807, 2.05) is 6.92 Å². The first-order valence-electron chi connectivity index (χ1n) is 7.07. The van der Waals surface area contributed by atoms with Crippen molar-refractivity contribution in [1.29, 1.82) is 0 Å². The first kappa shape index (κ1) is 15.3. The van der Waals surface area contributed by atoms with E-state index in [1.165, 1.54) is 0 Å². The van der Waals surface area contributed by atoms with Gasteiger partial charge in [0.1, 0.15) is 4.88 Å². The number of nitrogens with zero attached hydrogens (tertiary/aromatic N) is 3. The number of hydrogen-bond donors (Lipinski definition) is 1. The second kappa shape index (κ2) is 7.10. The monoisotopic (exact) mass is 298 g/mol. The molecular formula is C13H22N4O2S. The van der Waals surface area contributed by atoms with Crippen molar-refractivity contribution < 1.29 is 9.53 Å². The van der Waals surface area contributed by atoms with Crippen molar-refractivity contribution in [2.75, 3.05) is 26.2 Å². The summed E-state index contributed by atoms with van der Waals surface area (Å²) in [4.78, 5) is 15.0. The van der Waals surface area contributed by atoms with Gasteiger partial charge in [0.2, 0.25) is 0 Å². The van der Waals surface area contributed by atoms with Gasteiger partial charge in [-0.25, -0.2) is 0 Å². The molecule has 7 heteroatoms. The lowest BCUT2D eigenvalue weighted by Gasteiger charge is -2.35. The van der Waals surface area contributed by atoms with E-state index in [4.69, 9.17) is 4.74 Å². The van der Waals surface area contributed by atoms with Gasteiger partial charge in [0, 0.05) is 26.2 Å². The third kappa shape index (κ3) is 3.97. The molecule has 0 saturated carbocycles. The minimum atomic E-state index is -0.0637. The van der Waals surface area contributed by atoms with Crippen LogP contribution in [0, 0.1) is 0 Å². The van der Waals surface area contributed by atoms with Crippen LogP contribution in [0.15, 0.2) is 0 Å². The molecule has 2 heterocycles. The summed E-state index contributed by atoms with van der Waals surface area (Å²) in [5.74, 6) is -0.0637. The molecule has 0 bridgehead atoms. The number of carbonyl (C=O) groups excluding carboxylic acids is 1. The van der Waals surface area contributed by atoms with Crippen LogP contribution in [0.4, 0.5) is 0 Å². The second-order valence-electron chi connectivity index (χ2n) is 5.18. The Bertz CT molecular complexity index is 441. The highest BCUT2D eigenvalue weighted by Crippen LogP contribution is 2.11. The average Bonchev–Trinajstić information content (AvgIpc) is 2.85. The molecule has 2 atom stereocenters. The molecule has 1 fully saturated rings. The Labute approximate surface area is 123 Å². The number of rotatable bonds is 5. The van der Waals surface area contributed by atoms with Gasteiger partial charge in [-0.05, 0) is 31.8 Å². The number of aryl methyl sites for hydroxylation is 1. The van der Waals surface area contributed by atoms with Crippen LogP contribution in [-0.4, -0.2) is 58.8 Å². The lowest BCUT2D eigenvalue weighted by Crippen LogP contribution is -2.47. The van der Waals surface area contributed by atoms with Gasteiger partial charge in [0.15, 0.2) is 0 Å². The molecule has 1 aliphatic heterocycles. The SMILES string of the molecule is CCc1nnsc1C(=O)NCCN1C[C@@H](C)O[C@H](C)C1. The number of nitrogens with one attached hydrogen (secondary N) is 1. The second-order valence-corrected chi connectivity index (χ2v) is 5.93. The Balaban J connectivity index is 1.77. The van der Waals surface area contributed by atoms with Gasteiger partial charge in [-0.15, -0.1) is 5.10 Å². The topological polar surface area (TPSA) is 67.4 Å². The van der Waals surface area contributed by atoms with Crippen molar-refractivity contribution in [3.05, 3.63) is 10.6 Å². The summed E-state index contributed by atoms with van der Waals surface area (Å²) in [6.45, 7) is 9.46. The van der Waals surface area contributed by atoms with Crippen molar-refractivity contribution in [3.8, 4) is 0 Å². The fourth-order valence-electron chi connectivity index (χ4n) is 2.49. The van der Waals surface area contributed by atoms with Crippen molar-refractivity contribution in [1.82, 2.24) is 19.8 Å². The molecule has 0 unspecified atom stereocenters. The molecule has 2 rings (SSSR count). The molecule has 0 aromatic carbocycles. The maximum atomic E-state index is 12.0. The number of ether oxygens (including phenoxy) is 1. The third-order valence-electron chi connectivity index (χ3n) is 3.31. The Morgan fingerprint density at radius 1 is 1.45 bits per heavy atom. The van der Waals surface area contributed by atoms with E-state index in [0.717, 1.165) is 43.3 Å². The van der Waals surface area contributed by atoms with Crippen molar-refractivity contribution in [2.24, 2.45) is 0 Å². The molecule has 1 aliphatic rings. The highest BCUT2D eigenvalue weighted by atomic mass is 32.1. The summed E-state index contributed by atoms with van der Waals surface area (Å²) in [6.07, 6.45) is 1.25. The summed E-state index contributed by atoms with van der Waals surface area (Å²) < 4.78 is 9.52. The van der Waals surface area contributed by atoms with E-state index in [9.17, 15) is 4.79 Å². The Kier molecular flexibility index (Phi) is 5.45. The zero-order valence-electron chi connectivity index (χ0n) is 12.3. The van der Waals surface area contributed by atoms with Gasteiger partial charge in [-0.3, -0.25) is 9.69 Å². The molecule has 0 radical (unpaired) electrons. The molecule has 1 saturated heterocycles. The van der Waals surface area contributed by atoms with Crippen LogP contribution in [0.3, 0.4) is 0 Å². The van der Waals surface area contributed by atoms with Crippen molar-refractivity contribution in [2.45, 2.75) is 39.4 Å². The average molecular weight is 298 g/mol. The number of amides is 1. The minimum Gasteiger partial charge on any atom is -0.373 e. The van der Waals surface area contributed by atoms with Gasteiger partial charge in [-0.1, -0.05) is 11.4 Å². The Morgan fingerprint density at radius 2 is 2.15 bits per heavy atom. The van der Waals surface area contributed by atoms with E-state index >= 15 is 0 Å². The van der Waals surface area contributed by atoms with E-state index < -0.39 is 0 Å². The predicted molar refractivity (Wildman–Crippen MR) is 78.1 cm³/mol. The maximum Gasteiger partial charge on any atom is 0.264 e. The fraction of sp³-hybridized carbons (Fsp3) is 0.769. The van der Waals surface area contributed by atoms with Crippen molar-refractivity contribution >= 4 is 17.4 Å². The van der Waals surface area contributed by atoms with E-state index in [0.29, 0.717) is 11.4 Å². The van der Waals surface area contributed by atoms with Gasteiger partial charge >= 0.3 is 0 Å². The maximum absolute atomic E-state index is 12.0. The summed E-state index contributed by atoms with van der Waals surface area (Å²) in [5.41, 5.74) is 0.779. The fourth-order valence-corrected chi connectivity index (χ4v) is 3.15. The quantitative estimate of drug-likeness (QED) is 0.876. The van der Waals surface area contributed by atoms with Crippen LogP contribution < -0.4 is 5.32 Å². The van der Waals surface area contributed by atoms with Crippen LogP contribution in [0.5, 0.6) is 0 Å². The molecule has 112 valence electrons. The molecule has 20 heavy (non-hydrogen) atoms. The van der Waals surface area contributed by atoms with Gasteiger partial charge in [0.05, 0.1) is 17.9 Å². The summed E-state index contributed by atoms with van der Waals surface area (Å²) >= 11 is 1.16. The Morgan fingerprint density at radius 3 is 2.80 bits per heavy atom. The van der Waals surface area contributed by atoms with E-state index in [1.54, 1.807) is 0 Å². The molecule has 0 spiro atoms. The normalized spacial score (nSPS) is 23.8. The van der Waals surface area contributed by atoms with E-state index in [-0.39, 0.29) is 18.1 Å². The van der Waals surface area contributed by atoms with Crippen LogP contribution in [0.2, 0.25) is 0 Å². The standard InChI is InChI=1S/C13H22N4O2S/c1-4-11-12(20-16-15-11)13(18)14-5-6-17-7-9(2)19-10(3)8-17/h9-10H,4-8H2,1-3H3,(H,14,18)/t9-,10-/m1/s1. The summed E-state index contributed by atoms with van der Waals surface area (Å²) in [7, 11) is 0. The summed E-state index contributed by atoms with van der Waals surface area (Å²) in [6, 6.07) is 0.